The summed E-state index contributed by atoms with van der Waals surface area (Å²) in [5.41, 5.74) is 1.09. The van der Waals surface area contributed by atoms with E-state index in [1.165, 1.54) is 5.56 Å². The van der Waals surface area contributed by atoms with Crippen molar-refractivity contribution in [1.29, 1.82) is 0 Å². The number of carbonyl (C=O) groups is 2. The molecule has 148 valence electrons. The molecule has 1 atom stereocenters. The number of benzene rings is 1. The Kier molecular flexibility index (Phi) is 6.20. The number of nitrogens with zero attached hydrogens (tertiary/aromatic N) is 2. The first-order valence-corrected chi connectivity index (χ1v) is 10.1. The Morgan fingerprint density at radius 2 is 1.89 bits per heavy atom. The van der Waals surface area contributed by atoms with Crippen molar-refractivity contribution in [2.45, 2.75) is 39.5 Å². The van der Waals surface area contributed by atoms with Crippen molar-refractivity contribution in [3.05, 3.63) is 35.9 Å². The van der Waals surface area contributed by atoms with Crippen molar-refractivity contribution in [2.75, 3.05) is 32.8 Å². The quantitative estimate of drug-likeness (QED) is 0.834. The summed E-state index contributed by atoms with van der Waals surface area (Å²) in [4.78, 5) is 28.9. The second-order valence-electron chi connectivity index (χ2n) is 8.74. The Balaban J connectivity index is 1.56. The standard InChI is InChI=1S/C22H32N2O3/c1-17(2)14-24-15-19(12-20(24)26)21(27)23-10-8-22(16-25,9-11-23)13-18-6-4-3-5-7-18/h3-7,17,19,25H,8-16H2,1-2H3/t19-/m1/s1. The van der Waals surface area contributed by atoms with E-state index in [4.69, 9.17) is 0 Å². The van der Waals surface area contributed by atoms with Crippen LogP contribution in [0.2, 0.25) is 0 Å². The van der Waals surface area contributed by atoms with E-state index >= 15 is 0 Å². The van der Waals surface area contributed by atoms with Crippen LogP contribution in [0.3, 0.4) is 0 Å². The molecule has 2 aliphatic heterocycles. The first kappa shape index (κ1) is 19.9. The molecule has 2 amide bonds. The third-order valence-electron chi connectivity index (χ3n) is 6.04. The van der Waals surface area contributed by atoms with Crippen molar-refractivity contribution in [3.63, 3.8) is 0 Å². The Morgan fingerprint density at radius 1 is 1.22 bits per heavy atom. The van der Waals surface area contributed by atoms with Gasteiger partial charge in [-0.15, -0.1) is 0 Å². The number of hydrogen-bond acceptors (Lipinski definition) is 3. The fraction of sp³-hybridized carbons (Fsp3) is 0.636. The van der Waals surface area contributed by atoms with Crippen molar-refractivity contribution in [2.24, 2.45) is 17.3 Å². The van der Waals surface area contributed by atoms with Gasteiger partial charge < -0.3 is 14.9 Å². The third kappa shape index (κ3) is 4.70. The Morgan fingerprint density at radius 3 is 2.48 bits per heavy atom. The highest BCUT2D eigenvalue weighted by molar-refractivity contribution is 5.89. The van der Waals surface area contributed by atoms with Gasteiger partial charge in [0.05, 0.1) is 5.92 Å². The van der Waals surface area contributed by atoms with Crippen molar-refractivity contribution < 1.29 is 14.7 Å². The van der Waals surface area contributed by atoms with Crippen LogP contribution in [0.25, 0.3) is 0 Å². The van der Waals surface area contributed by atoms with Crippen LogP contribution in [0, 0.1) is 17.3 Å². The van der Waals surface area contributed by atoms with Gasteiger partial charge in [0.25, 0.3) is 0 Å². The van der Waals surface area contributed by atoms with Crippen LogP contribution < -0.4 is 0 Å². The first-order chi connectivity index (χ1) is 12.9. The molecule has 0 radical (unpaired) electrons. The first-order valence-electron chi connectivity index (χ1n) is 10.1. The Bertz CT molecular complexity index is 651. The summed E-state index contributed by atoms with van der Waals surface area (Å²) < 4.78 is 0. The van der Waals surface area contributed by atoms with Crippen molar-refractivity contribution in [3.8, 4) is 0 Å². The highest BCUT2D eigenvalue weighted by Gasteiger charge is 2.40. The van der Waals surface area contributed by atoms with Gasteiger partial charge in [0.1, 0.15) is 0 Å². The van der Waals surface area contributed by atoms with Crippen LogP contribution in [0.4, 0.5) is 0 Å². The van der Waals surface area contributed by atoms with Gasteiger partial charge in [0, 0.05) is 44.6 Å². The molecule has 0 saturated carbocycles. The van der Waals surface area contributed by atoms with Crippen molar-refractivity contribution in [1.82, 2.24) is 9.80 Å². The molecule has 2 saturated heterocycles. The number of aliphatic hydroxyl groups excluding tert-OH is 1. The topological polar surface area (TPSA) is 60.9 Å². The van der Waals surface area contributed by atoms with Crippen LogP contribution in [-0.2, 0) is 16.0 Å². The Hall–Kier alpha value is -1.88. The van der Waals surface area contributed by atoms with Gasteiger partial charge in [-0.2, -0.15) is 0 Å². The molecule has 5 heteroatoms. The lowest BCUT2D eigenvalue weighted by Crippen LogP contribution is -2.47. The van der Waals surface area contributed by atoms with E-state index in [2.05, 4.69) is 26.0 Å². The number of amides is 2. The average molecular weight is 373 g/mol. The summed E-state index contributed by atoms with van der Waals surface area (Å²) >= 11 is 0. The zero-order chi connectivity index (χ0) is 19.4. The summed E-state index contributed by atoms with van der Waals surface area (Å²) in [5.74, 6) is 0.432. The van der Waals surface area contributed by atoms with E-state index in [0.29, 0.717) is 32.0 Å². The van der Waals surface area contributed by atoms with E-state index in [9.17, 15) is 14.7 Å². The highest BCUT2D eigenvalue weighted by atomic mass is 16.3. The molecule has 2 fully saturated rings. The van der Waals surface area contributed by atoms with Gasteiger partial charge in [-0.3, -0.25) is 9.59 Å². The third-order valence-corrected chi connectivity index (χ3v) is 6.04. The number of likely N-dealkylation sites (tertiary alicyclic amines) is 2. The summed E-state index contributed by atoms with van der Waals surface area (Å²) in [5, 5.41) is 10.0. The number of hydrogen-bond donors (Lipinski definition) is 1. The van der Waals surface area contributed by atoms with Crippen LogP contribution in [-0.4, -0.2) is 59.5 Å². The molecule has 1 N–H and O–H groups in total. The summed E-state index contributed by atoms with van der Waals surface area (Å²) in [6, 6.07) is 10.3. The molecule has 2 aliphatic rings. The lowest BCUT2D eigenvalue weighted by atomic mass is 9.74. The second-order valence-corrected chi connectivity index (χ2v) is 8.74. The van der Waals surface area contributed by atoms with Crippen molar-refractivity contribution >= 4 is 11.8 Å². The monoisotopic (exact) mass is 372 g/mol. The maximum absolute atomic E-state index is 12.9. The molecule has 0 aromatic heterocycles. The predicted molar refractivity (Wildman–Crippen MR) is 105 cm³/mol. The molecular formula is C22H32N2O3. The molecule has 27 heavy (non-hydrogen) atoms. The smallest absolute Gasteiger partial charge is 0.227 e. The van der Waals surface area contributed by atoms with Gasteiger partial charge in [-0.25, -0.2) is 0 Å². The molecule has 3 rings (SSSR count). The fourth-order valence-electron chi connectivity index (χ4n) is 4.43. The minimum atomic E-state index is -0.202. The maximum Gasteiger partial charge on any atom is 0.227 e. The fourth-order valence-corrected chi connectivity index (χ4v) is 4.43. The number of piperidine rings is 1. The van der Waals surface area contributed by atoms with Gasteiger partial charge in [0.2, 0.25) is 11.8 Å². The lowest BCUT2D eigenvalue weighted by molar-refractivity contribution is -0.138. The minimum absolute atomic E-state index is 0.104. The molecule has 1 aromatic carbocycles. The minimum Gasteiger partial charge on any atom is -0.396 e. The maximum atomic E-state index is 12.9. The average Bonchev–Trinajstić information content (AvgIpc) is 3.02. The largest absolute Gasteiger partial charge is 0.396 e. The number of aliphatic hydroxyl groups is 1. The Labute approximate surface area is 162 Å². The van der Waals surface area contributed by atoms with E-state index in [1.807, 2.05) is 28.0 Å². The molecule has 5 nitrogen and oxygen atoms in total. The molecular weight excluding hydrogens is 340 g/mol. The summed E-state index contributed by atoms with van der Waals surface area (Å²) in [6.45, 7) is 6.95. The highest BCUT2D eigenvalue weighted by Crippen LogP contribution is 2.35. The molecule has 0 aliphatic carbocycles. The van der Waals surface area contributed by atoms with E-state index in [0.717, 1.165) is 25.8 Å². The van der Waals surface area contributed by atoms with Crippen LogP contribution >= 0.6 is 0 Å². The normalized spacial score (nSPS) is 22.5. The van der Waals surface area contributed by atoms with Gasteiger partial charge in [-0.1, -0.05) is 44.2 Å². The second kappa shape index (κ2) is 8.42. The summed E-state index contributed by atoms with van der Waals surface area (Å²) in [6.07, 6.45) is 2.80. The van der Waals surface area contributed by atoms with Crippen LogP contribution in [0.1, 0.15) is 38.7 Å². The zero-order valence-electron chi connectivity index (χ0n) is 16.6. The molecule has 0 spiro atoms. The predicted octanol–water partition coefficient (Wildman–Crippen LogP) is 2.33. The summed E-state index contributed by atoms with van der Waals surface area (Å²) in [7, 11) is 0. The van der Waals surface area contributed by atoms with E-state index in [1.54, 1.807) is 0 Å². The van der Waals surface area contributed by atoms with Gasteiger partial charge >= 0.3 is 0 Å². The number of carbonyl (C=O) groups excluding carboxylic acids is 2. The van der Waals surface area contributed by atoms with Gasteiger partial charge in [0.15, 0.2) is 0 Å². The SMILES string of the molecule is CC(C)CN1C[C@H](C(=O)N2CCC(CO)(Cc3ccccc3)CC2)CC1=O. The van der Waals surface area contributed by atoms with Gasteiger partial charge in [-0.05, 0) is 30.7 Å². The molecule has 0 unspecified atom stereocenters. The molecule has 2 heterocycles. The molecule has 1 aromatic rings. The lowest BCUT2D eigenvalue weighted by Gasteiger charge is -2.41. The van der Waals surface area contributed by atoms with Crippen LogP contribution in [0.15, 0.2) is 30.3 Å². The molecule has 0 bridgehead atoms. The van der Waals surface area contributed by atoms with Crippen LogP contribution in [0.5, 0.6) is 0 Å². The number of rotatable bonds is 6. The van der Waals surface area contributed by atoms with E-state index in [-0.39, 0.29) is 29.8 Å². The van der Waals surface area contributed by atoms with E-state index < -0.39 is 0 Å². The zero-order valence-corrected chi connectivity index (χ0v) is 16.6.